The van der Waals surface area contributed by atoms with Crippen LogP contribution < -0.4 is 15.2 Å². The van der Waals surface area contributed by atoms with Crippen molar-refractivity contribution in [2.75, 3.05) is 20.0 Å². The number of ether oxygens (including phenoxy) is 2. The molecule has 0 amide bonds. The summed E-state index contributed by atoms with van der Waals surface area (Å²) < 4.78 is 10.4. The van der Waals surface area contributed by atoms with E-state index in [-0.39, 0.29) is 5.82 Å². The van der Waals surface area contributed by atoms with Crippen LogP contribution in [-0.2, 0) is 0 Å². The van der Waals surface area contributed by atoms with E-state index in [1.165, 1.54) is 0 Å². The zero-order chi connectivity index (χ0) is 13.8. The fourth-order valence-electron chi connectivity index (χ4n) is 1.74. The van der Waals surface area contributed by atoms with Crippen LogP contribution in [0.3, 0.4) is 0 Å². The number of rotatable bonds is 3. The summed E-state index contributed by atoms with van der Waals surface area (Å²) in [6.45, 7) is 0. The molecule has 0 spiro atoms. The zero-order valence-corrected chi connectivity index (χ0v) is 10.7. The minimum atomic E-state index is 0.228. The summed E-state index contributed by atoms with van der Waals surface area (Å²) in [6.07, 6.45) is 1.62. The van der Waals surface area contributed by atoms with Crippen LogP contribution >= 0.6 is 0 Å². The van der Waals surface area contributed by atoms with Crippen LogP contribution in [-0.4, -0.2) is 19.2 Å². The van der Waals surface area contributed by atoms with Gasteiger partial charge >= 0.3 is 0 Å². The van der Waals surface area contributed by atoms with Crippen LogP contribution in [0.25, 0.3) is 11.1 Å². The fraction of sp³-hybridized carbons (Fsp3) is 0.143. The second kappa shape index (κ2) is 5.27. The highest BCUT2D eigenvalue weighted by Gasteiger charge is 2.08. The minimum absolute atomic E-state index is 0.228. The largest absolute Gasteiger partial charge is 0.493 e. The average Bonchev–Trinajstić information content (AvgIpc) is 2.47. The van der Waals surface area contributed by atoms with Crippen LogP contribution in [0.5, 0.6) is 11.5 Å². The highest BCUT2D eigenvalue weighted by atomic mass is 16.5. The molecule has 1 heterocycles. The lowest BCUT2D eigenvalue weighted by Crippen LogP contribution is -1.95. The van der Waals surface area contributed by atoms with E-state index in [9.17, 15) is 0 Å². The number of benzene rings is 1. The van der Waals surface area contributed by atoms with E-state index in [1.54, 1.807) is 32.5 Å². The van der Waals surface area contributed by atoms with Crippen LogP contribution in [0.1, 0.15) is 5.56 Å². The first-order chi connectivity index (χ1) is 9.19. The molecule has 0 aliphatic carbocycles. The first kappa shape index (κ1) is 12.7. The van der Waals surface area contributed by atoms with Gasteiger partial charge in [-0.15, -0.1) is 0 Å². The molecule has 2 N–H and O–H groups in total. The number of methoxy groups -OCH3 is 2. The molecule has 96 valence electrons. The molecule has 2 rings (SSSR count). The quantitative estimate of drug-likeness (QED) is 0.909. The second-order valence-corrected chi connectivity index (χ2v) is 3.84. The Kier molecular flexibility index (Phi) is 3.53. The molecule has 0 unspecified atom stereocenters. The molecule has 1 aromatic heterocycles. The monoisotopic (exact) mass is 255 g/mol. The Morgan fingerprint density at radius 2 is 1.84 bits per heavy atom. The van der Waals surface area contributed by atoms with E-state index in [2.05, 4.69) is 4.98 Å². The van der Waals surface area contributed by atoms with Gasteiger partial charge in [0.1, 0.15) is 11.9 Å². The molecule has 0 atom stereocenters. The SMILES string of the molecule is COc1ccc(-c2cnc(N)c(C#N)c2)cc1OC. The molecule has 5 nitrogen and oxygen atoms in total. The number of nitrogens with two attached hydrogens (primary N) is 1. The molecular formula is C14H13N3O2. The topological polar surface area (TPSA) is 81.2 Å². The lowest BCUT2D eigenvalue weighted by Gasteiger charge is -2.10. The van der Waals surface area contributed by atoms with E-state index in [0.29, 0.717) is 17.1 Å². The summed E-state index contributed by atoms with van der Waals surface area (Å²) in [6, 6.07) is 9.21. The number of aromatic nitrogens is 1. The average molecular weight is 255 g/mol. The molecule has 0 bridgehead atoms. The number of nitriles is 1. The highest BCUT2D eigenvalue weighted by Crippen LogP contribution is 2.32. The molecule has 0 aliphatic rings. The van der Waals surface area contributed by atoms with E-state index in [0.717, 1.165) is 11.1 Å². The van der Waals surface area contributed by atoms with Crippen molar-refractivity contribution in [2.24, 2.45) is 0 Å². The maximum absolute atomic E-state index is 8.96. The minimum Gasteiger partial charge on any atom is -0.493 e. The fourth-order valence-corrected chi connectivity index (χ4v) is 1.74. The molecular weight excluding hydrogens is 242 g/mol. The lowest BCUT2D eigenvalue weighted by molar-refractivity contribution is 0.355. The van der Waals surface area contributed by atoms with E-state index in [4.69, 9.17) is 20.5 Å². The number of pyridine rings is 1. The summed E-state index contributed by atoms with van der Waals surface area (Å²) in [5, 5.41) is 8.96. The molecule has 0 saturated carbocycles. The van der Waals surface area contributed by atoms with Gasteiger partial charge in [0.2, 0.25) is 0 Å². The Balaban J connectivity index is 2.50. The lowest BCUT2D eigenvalue weighted by atomic mass is 10.1. The van der Waals surface area contributed by atoms with E-state index in [1.807, 2.05) is 18.2 Å². The molecule has 0 saturated heterocycles. The smallest absolute Gasteiger partial charge is 0.161 e. The molecule has 19 heavy (non-hydrogen) atoms. The molecule has 5 heteroatoms. The number of nitrogens with zero attached hydrogens (tertiary/aromatic N) is 2. The van der Waals surface area contributed by atoms with Gasteiger partial charge < -0.3 is 15.2 Å². The van der Waals surface area contributed by atoms with Crippen molar-refractivity contribution < 1.29 is 9.47 Å². The van der Waals surface area contributed by atoms with E-state index >= 15 is 0 Å². The normalized spacial score (nSPS) is 9.74. The Morgan fingerprint density at radius 1 is 1.11 bits per heavy atom. The summed E-state index contributed by atoms with van der Waals surface area (Å²) in [5.41, 5.74) is 7.63. The third-order valence-electron chi connectivity index (χ3n) is 2.76. The van der Waals surface area contributed by atoms with Gasteiger partial charge in [0.05, 0.1) is 19.8 Å². The van der Waals surface area contributed by atoms with E-state index < -0.39 is 0 Å². The molecule has 1 aromatic carbocycles. The van der Waals surface area contributed by atoms with Crippen molar-refractivity contribution in [2.45, 2.75) is 0 Å². The predicted molar refractivity (Wildman–Crippen MR) is 71.9 cm³/mol. The number of anilines is 1. The van der Waals surface area contributed by atoms with Gasteiger partial charge in [-0.1, -0.05) is 6.07 Å². The van der Waals surface area contributed by atoms with Gasteiger partial charge in [-0.05, 0) is 23.8 Å². The van der Waals surface area contributed by atoms with Crippen molar-refractivity contribution in [3.63, 3.8) is 0 Å². The maximum atomic E-state index is 8.96. The Bertz CT molecular complexity index is 648. The second-order valence-electron chi connectivity index (χ2n) is 3.84. The highest BCUT2D eigenvalue weighted by molar-refractivity contribution is 5.69. The summed E-state index contributed by atoms with van der Waals surface area (Å²) >= 11 is 0. The Labute approximate surface area is 111 Å². The number of nitrogen functional groups attached to an aromatic ring is 1. The van der Waals surface area contributed by atoms with Crippen LogP contribution in [0.2, 0.25) is 0 Å². The predicted octanol–water partition coefficient (Wildman–Crippen LogP) is 2.22. The first-order valence-corrected chi connectivity index (χ1v) is 5.57. The van der Waals surface area contributed by atoms with Crippen molar-refractivity contribution in [3.05, 3.63) is 36.0 Å². The van der Waals surface area contributed by atoms with Crippen molar-refractivity contribution in [1.29, 1.82) is 5.26 Å². The van der Waals surface area contributed by atoms with Gasteiger partial charge in [-0.2, -0.15) is 5.26 Å². The zero-order valence-electron chi connectivity index (χ0n) is 10.7. The standard InChI is InChI=1S/C14H13N3O2/c1-18-12-4-3-9(6-13(12)19-2)11-5-10(7-15)14(16)17-8-11/h3-6,8H,1-2H3,(H2,16,17). The van der Waals surface area contributed by atoms with Gasteiger partial charge in [-0.3, -0.25) is 0 Å². The Morgan fingerprint density at radius 3 is 2.47 bits per heavy atom. The summed E-state index contributed by atoms with van der Waals surface area (Å²) in [5.74, 6) is 1.50. The van der Waals surface area contributed by atoms with Crippen molar-refractivity contribution >= 4 is 5.82 Å². The molecule has 2 aromatic rings. The maximum Gasteiger partial charge on any atom is 0.161 e. The molecule has 0 radical (unpaired) electrons. The Hall–Kier alpha value is -2.74. The first-order valence-electron chi connectivity index (χ1n) is 5.57. The van der Waals surface area contributed by atoms with Crippen molar-refractivity contribution in [3.8, 4) is 28.7 Å². The van der Waals surface area contributed by atoms with Gasteiger partial charge in [0.15, 0.2) is 11.5 Å². The summed E-state index contributed by atoms with van der Waals surface area (Å²) in [4.78, 5) is 4.01. The van der Waals surface area contributed by atoms with Gasteiger partial charge in [-0.25, -0.2) is 4.98 Å². The van der Waals surface area contributed by atoms with Crippen LogP contribution in [0.4, 0.5) is 5.82 Å². The number of hydrogen-bond acceptors (Lipinski definition) is 5. The van der Waals surface area contributed by atoms with Crippen LogP contribution in [0, 0.1) is 11.3 Å². The third-order valence-corrected chi connectivity index (χ3v) is 2.76. The van der Waals surface area contributed by atoms with Gasteiger partial charge in [0.25, 0.3) is 0 Å². The van der Waals surface area contributed by atoms with Crippen molar-refractivity contribution in [1.82, 2.24) is 4.98 Å². The molecule has 0 fully saturated rings. The van der Waals surface area contributed by atoms with Crippen LogP contribution in [0.15, 0.2) is 30.5 Å². The number of hydrogen-bond donors (Lipinski definition) is 1. The third kappa shape index (κ3) is 2.43. The van der Waals surface area contributed by atoms with Gasteiger partial charge in [0, 0.05) is 11.8 Å². The molecule has 0 aliphatic heterocycles. The summed E-state index contributed by atoms with van der Waals surface area (Å²) in [7, 11) is 3.15.